The first kappa shape index (κ1) is 13.7. The van der Waals surface area contributed by atoms with E-state index >= 15 is 0 Å². The highest BCUT2D eigenvalue weighted by molar-refractivity contribution is 5.77. The number of piperidine rings is 1. The minimum Gasteiger partial charge on any atom is -0.341 e. The Labute approximate surface area is 119 Å². The zero-order chi connectivity index (χ0) is 13.9. The molecule has 0 aliphatic carbocycles. The molecule has 3 saturated heterocycles. The van der Waals surface area contributed by atoms with Crippen molar-refractivity contribution in [2.75, 3.05) is 45.8 Å². The first-order valence-electron chi connectivity index (χ1n) is 7.75. The summed E-state index contributed by atoms with van der Waals surface area (Å²) in [4.78, 5) is 27.6. The minimum atomic E-state index is 0.00476. The van der Waals surface area contributed by atoms with Gasteiger partial charge in [0, 0.05) is 39.1 Å². The summed E-state index contributed by atoms with van der Waals surface area (Å²) < 4.78 is 0. The second kappa shape index (κ2) is 5.99. The fourth-order valence-electron chi connectivity index (χ4n) is 3.59. The average molecular weight is 280 g/mol. The predicted octanol–water partition coefficient (Wildman–Crippen LogP) is -0.140. The van der Waals surface area contributed by atoms with Crippen molar-refractivity contribution in [3.63, 3.8) is 0 Å². The summed E-state index contributed by atoms with van der Waals surface area (Å²) >= 11 is 0. The molecule has 0 unspecified atom stereocenters. The highest BCUT2D eigenvalue weighted by Gasteiger charge is 2.32. The van der Waals surface area contributed by atoms with Crippen molar-refractivity contribution in [3.8, 4) is 0 Å². The van der Waals surface area contributed by atoms with Gasteiger partial charge in [-0.1, -0.05) is 0 Å². The molecule has 3 aliphatic rings. The number of rotatable bonds is 3. The van der Waals surface area contributed by atoms with E-state index in [1.807, 2.05) is 4.90 Å². The third-order valence-electron chi connectivity index (χ3n) is 4.91. The number of nitrogens with one attached hydrogen (secondary N) is 2. The summed E-state index contributed by atoms with van der Waals surface area (Å²) in [6, 6.07) is 0.00476. The topological polar surface area (TPSA) is 64.7 Å². The van der Waals surface area contributed by atoms with Crippen LogP contribution in [0.15, 0.2) is 0 Å². The van der Waals surface area contributed by atoms with Crippen LogP contribution in [0.4, 0.5) is 4.79 Å². The van der Waals surface area contributed by atoms with E-state index in [0.717, 1.165) is 45.6 Å². The Morgan fingerprint density at radius 3 is 2.65 bits per heavy atom. The van der Waals surface area contributed by atoms with Crippen LogP contribution >= 0.6 is 0 Å². The number of hydrogen-bond donors (Lipinski definition) is 2. The lowest BCUT2D eigenvalue weighted by molar-refractivity contribution is -0.131. The summed E-state index contributed by atoms with van der Waals surface area (Å²) in [6.07, 6.45) is 2.91. The Morgan fingerprint density at radius 1 is 1.00 bits per heavy atom. The van der Waals surface area contributed by atoms with Gasteiger partial charge in [0.2, 0.25) is 5.91 Å². The van der Waals surface area contributed by atoms with Gasteiger partial charge >= 0.3 is 6.03 Å². The Bertz CT molecular complexity index is 387. The van der Waals surface area contributed by atoms with Crippen molar-refractivity contribution in [2.24, 2.45) is 11.8 Å². The van der Waals surface area contributed by atoms with Crippen LogP contribution in [0.1, 0.15) is 19.3 Å². The molecule has 3 fully saturated rings. The van der Waals surface area contributed by atoms with Crippen molar-refractivity contribution in [2.45, 2.75) is 19.3 Å². The first-order valence-corrected chi connectivity index (χ1v) is 7.75. The molecule has 0 aromatic heterocycles. The van der Waals surface area contributed by atoms with Gasteiger partial charge in [0.1, 0.15) is 0 Å². The van der Waals surface area contributed by atoms with Gasteiger partial charge in [-0.2, -0.15) is 0 Å². The summed E-state index contributed by atoms with van der Waals surface area (Å²) in [5.41, 5.74) is 0. The smallest absolute Gasteiger partial charge is 0.317 e. The lowest BCUT2D eigenvalue weighted by Gasteiger charge is -2.29. The maximum atomic E-state index is 12.3. The van der Waals surface area contributed by atoms with Gasteiger partial charge in [-0.3, -0.25) is 4.79 Å². The minimum absolute atomic E-state index is 0.00476. The average Bonchev–Trinajstić information content (AvgIpc) is 2.78. The molecule has 0 bridgehead atoms. The molecule has 0 radical (unpaired) electrons. The molecule has 0 spiro atoms. The van der Waals surface area contributed by atoms with Crippen molar-refractivity contribution in [3.05, 3.63) is 0 Å². The molecule has 0 aromatic carbocycles. The molecule has 2 atom stereocenters. The number of fused-ring (bicyclic) bond motifs is 1. The van der Waals surface area contributed by atoms with E-state index in [4.69, 9.17) is 0 Å². The van der Waals surface area contributed by atoms with Crippen molar-refractivity contribution < 1.29 is 9.59 Å². The number of urea groups is 1. The third-order valence-corrected chi connectivity index (χ3v) is 4.91. The lowest BCUT2D eigenvalue weighted by atomic mass is 9.83. The summed E-state index contributed by atoms with van der Waals surface area (Å²) in [6.45, 7) is 5.77. The number of amides is 3. The predicted molar refractivity (Wildman–Crippen MR) is 75.3 cm³/mol. The fraction of sp³-hybridized carbons (Fsp3) is 0.857. The van der Waals surface area contributed by atoms with E-state index in [0.29, 0.717) is 31.3 Å². The third kappa shape index (κ3) is 2.90. The SMILES string of the molecule is O=C1C[C@@H]2CCNC[C@@H]2CCN1CCN1CCNC1=O. The van der Waals surface area contributed by atoms with Crippen molar-refractivity contribution >= 4 is 11.9 Å². The molecular formula is C14H24N4O2. The highest BCUT2D eigenvalue weighted by atomic mass is 16.2. The molecule has 6 heteroatoms. The van der Waals surface area contributed by atoms with E-state index in [2.05, 4.69) is 10.6 Å². The maximum absolute atomic E-state index is 12.3. The zero-order valence-corrected chi connectivity index (χ0v) is 11.9. The van der Waals surface area contributed by atoms with Crippen LogP contribution in [-0.4, -0.2) is 67.6 Å². The molecule has 3 heterocycles. The largest absolute Gasteiger partial charge is 0.341 e. The van der Waals surface area contributed by atoms with Gasteiger partial charge in [-0.05, 0) is 37.8 Å². The molecular weight excluding hydrogens is 256 g/mol. The van der Waals surface area contributed by atoms with Gasteiger partial charge in [0.15, 0.2) is 0 Å². The zero-order valence-electron chi connectivity index (χ0n) is 11.9. The van der Waals surface area contributed by atoms with Gasteiger partial charge in [0.05, 0.1) is 0 Å². The number of likely N-dealkylation sites (tertiary alicyclic amines) is 1. The van der Waals surface area contributed by atoms with E-state index in [-0.39, 0.29) is 11.9 Å². The Balaban J connectivity index is 1.53. The van der Waals surface area contributed by atoms with E-state index < -0.39 is 0 Å². The second-order valence-electron chi connectivity index (χ2n) is 6.11. The van der Waals surface area contributed by atoms with Gasteiger partial charge in [-0.25, -0.2) is 4.79 Å². The van der Waals surface area contributed by atoms with E-state index in [1.165, 1.54) is 0 Å². The fourth-order valence-corrected chi connectivity index (χ4v) is 3.59. The summed E-state index contributed by atoms with van der Waals surface area (Å²) in [5.74, 6) is 1.48. The van der Waals surface area contributed by atoms with Crippen LogP contribution in [0.2, 0.25) is 0 Å². The first-order chi connectivity index (χ1) is 9.74. The van der Waals surface area contributed by atoms with Crippen molar-refractivity contribution in [1.29, 1.82) is 0 Å². The standard InChI is InChI=1S/C14H24N4O2/c19-13-9-11-1-3-15-10-12(11)2-5-17(13)7-8-18-6-4-16-14(18)20/h11-12,15H,1-10H2,(H,16,20)/t11-,12-/m0/s1. The van der Waals surface area contributed by atoms with Crippen LogP contribution in [0.25, 0.3) is 0 Å². The summed E-state index contributed by atoms with van der Waals surface area (Å²) in [5, 5.41) is 6.23. The van der Waals surface area contributed by atoms with Crippen molar-refractivity contribution in [1.82, 2.24) is 20.4 Å². The van der Waals surface area contributed by atoms with Crippen LogP contribution < -0.4 is 10.6 Å². The second-order valence-corrected chi connectivity index (χ2v) is 6.11. The van der Waals surface area contributed by atoms with Crippen LogP contribution in [0, 0.1) is 11.8 Å². The van der Waals surface area contributed by atoms with E-state index in [9.17, 15) is 9.59 Å². The Kier molecular flexibility index (Phi) is 4.10. The quantitative estimate of drug-likeness (QED) is 0.756. The Morgan fingerprint density at radius 2 is 1.85 bits per heavy atom. The molecule has 6 nitrogen and oxygen atoms in total. The Hall–Kier alpha value is -1.30. The van der Waals surface area contributed by atoms with Crippen LogP contribution in [0.5, 0.6) is 0 Å². The van der Waals surface area contributed by atoms with Gasteiger partial charge < -0.3 is 20.4 Å². The highest BCUT2D eigenvalue weighted by Crippen LogP contribution is 2.29. The molecule has 3 amide bonds. The van der Waals surface area contributed by atoms with Crippen LogP contribution in [-0.2, 0) is 4.79 Å². The molecule has 0 saturated carbocycles. The molecule has 112 valence electrons. The molecule has 3 rings (SSSR count). The number of nitrogens with zero attached hydrogens (tertiary/aromatic N) is 2. The number of carbonyl (C=O) groups excluding carboxylic acids is 2. The monoisotopic (exact) mass is 280 g/mol. The van der Waals surface area contributed by atoms with Gasteiger partial charge in [0.25, 0.3) is 0 Å². The summed E-state index contributed by atoms with van der Waals surface area (Å²) in [7, 11) is 0. The molecule has 3 aliphatic heterocycles. The number of carbonyl (C=O) groups is 2. The van der Waals surface area contributed by atoms with Crippen LogP contribution in [0.3, 0.4) is 0 Å². The van der Waals surface area contributed by atoms with E-state index in [1.54, 1.807) is 4.90 Å². The number of hydrogen-bond acceptors (Lipinski definition) is 3. The normalized spacial score (nSPS) is 31.0. The lowest BCUT2D eigenvalue weighted by Crippen LogP contribution is -2.39. The molecule has 0 aromatic rings. The van der Waals surface area contributed by atoms with Gasteiger partial charge in [-0.15, -0.1) is 0 Å². The molecule has 20 heavy (non-hydrogen) atoms. The maximum Gasteiger partial charge on any atom is 0.317 e. The molecule has 2 N–H and O–H groups in total.